The highest BCUT2D eigenvalue weighted by atomic mass is 79.9. The van der Waals surface area contributed by atoms with Gasteiger partial charge >= 0.3 is 0 Å². The molecule has 1 saturated heterocycles. The molecule has 3 heteroatoms. The largest absolute Gasteiger partial charge is 0.399 e. The molecule has 1 aliphatic rings. The quantitative estimate of drug-likeness (QED) is 0.833. The number of nitrogens with two attached hydrogens (primary N) is 1. The van der Waals surface area contributed by atoms with Gasteiger partial charge in [0.1, 0.15) is 0 Å². The maximum Gasteiger partial charge on any atom is 0.0543 e. The Morgan fingerprint density at radius 2 is 1.79 bits per heavy atom. The Labute approximate surface area is 122 Å². The van der Waals surface area contributed by atoms with E-state index in [9.17, 15) is 0 Å². The van der Waals surface area contributed by atoms with Gasteiger partial charge in [-0.25, -0.2) is 0 Å². The molecule has 0 radical (unpaired) electrons. The predicted molar refractivity (Wildman–Crippen MR) is 84.3 cm³/mol. The van der Waals surface area contributed by atoms with Crippen molar-refractivity contribution in [2.24, 2.45) is 0 Å². The minimum atomic E-state index is 0.458. The first-order valence-electron chi connectivity index (χ1n) is 6.62. The van der Waals surface area contributed by atoms with Crippen LogP contribution in [0.25, 0.3) is 0 Å². The second-order valence-corrected chi connectivity index (χ2v) is 5.82. The molecule has 19 heavy (non-hydrogen) atoms. The third-order valence-electron chi connectivity index (χ3n) is 3.74. The van der Waals surface area contributed by atoms with Gasteiger partial charge in [-0.05, 0) is 58.6 Å². The molecule has 2 aromatic carbocycles. The van der Waals surface area contributed by atoms with Crippen molar-refractivity contribution in [1.82, 2.24) is 0 Å². The van der Waals surface area contributed by atoms with E-state index in [0.717, 1.165) is 16.7 Å². The molecule has 0 aliphatic carbocycles. The zero-order valence-corrected chi connectivity index (χ0v) is 12.3. The van der Waals surface area contributed by atoms with Crippen molar-refractivity contribution in [3.05, 3.63) is 58.6 Å². The fraction of sp³-hybridized carbons (Fsp3) is 0.250. The number of rotatable bonds is 2. The Kier molecular flexibility index (Phi) is 3.47. The van der Waals surface area contributed by atoms with E-state index >= 15 is 0 Å². The van der Waals surface area contributed by atoms with Crippen LogP contribution in [-0.2, 0) is 0 Å². The first-order chi connectivity index (χ1) is 9.25. The fourth-order valence-corrected chi connectivity index (χ4v) is 3.32. The first kappa shape index (κ1) is 12.5. The van der Waals surface area contributed by atoms with Crippen LogP contribution < -0.4 is 10.6 Å². The Morgan fingerprint density at radius 1 is 1.05 bits per heavy atom. The summed E-state index contributed by atoms with van der Waals surface area (Å²) in [5.41, 5.74) is 9.23. The molecule has 2 nitrogen and oxygen atoms in total. The second kappa shape index (κ2) is 5.25. The maximum absolute atomic E-state index is 5.77. The minimum Gasteiger partial charge on any atom is -0.399 e. The van der Waals surface area contributed by atoms with Gasteiger partial charge in [-0.1, -0.05) is 24.3 Å². The molecule has 1 aliphatic heterocycles. The molecular formula is C16H17BrN2. The topological polar surface area (TPSA) is 29.3 Å². The Balaban J connectivity index is 1.94. The number of para-hydroxylation sites is 1. The number of hydrogen-bond donors (Lipinski definition) is 1. The normalized spacial score (nSPS) is 18.8. The van der Waals surface area contributed by atoms with Crippen molar-refractivity contribution in [2.45, 2.75) is 18.9 Å². The van der Waals surface area contributed by atoms with Crippen LogP contribution in [0.5, 0.6) is 0 Å². The second-order valence-electron chi connectivity index (χ2n) is 4.97. The van der Waals surface area contributed by atoms with Crippen molar-refractivity contribution in [2.75, 3.05) is 17.2 Å². The average molecular weight is 317 g/mol. The number of anilines is 2. The summed E-state index contributed by atoms with van der Waals surface area (Å²) in [7, 11) is 0. The molecule has 98 valence electrons. The molecule has 1 unspecified atom stereocenters. The molecule has 1 atom stereocenters. The predicted octanol–water partition coefficient (Wildman–Crippen LogP) is 4.37. The summed E-state index contributed by atoms with van der Waals surface area (Å²) in [4.78, 5) is 2.48. The smallest absolute Gasteiger partial charge is 0.0543 e. The summed E-state index contributed by atoms with van der Waals surface area (Å²) >= 11 is 3.66. The molecule has 1 heterocycles. The molecule has 0 amide bonds. The van der Waals surface area contributed by atoms with E-state index < -0.39 is 0 Å². The van der Waals surface area contributed by atoms with E-state index in [1.54, 1.807) is 0 Å². The van der Waals surface area contributed by atoms with Crippen LogP contribution in [-0.4, -0.2) is 6.54 Å². The van der Waals surface area contributed by atoms with Gasteiger partial charge in [-0.2, -0.15) is 0 Å². The summed E-state index contributed by atoms with van der Waals surface area (Å²) in [5, 5.41) is 0. The minimum absolute atomic E-state index is 0.458. The van der Waals surface area contributed by atoms with E-state index in [2.05, 4.69) is 57.2 Å². The van der Waals surface area contributed by atoms with Crippen LogP contribution >= 0.6 is 15.9 Å². The molecule has 0 aromatic heterocycles. The monoisotopic (exact) mass is 316 g/mol. The summed E-state index contributed by atoms with van der Waals surface area (Å²) in [6.07, 6.45) is 2.43. The number of nitrogen functional groups attached to an aromatic ring is 1. The highest BCUT2D eigenvalue weighted by Gasteiger charge is 2.27. The van der Waals surface area contributed by atoms with E-state index in [-0.39, 0.29) is 0 Å². The molecule has 1 fully saturated rings. The first-order valence-corrected chi connectivity index (χ1v) is 7.41. The van der Waals surface area contributed by atoms with Gasteiger partial charge < -0.3 is 10.6 Å². The van der Waals surface area contributed by atoms with E-state index in [0.29, 0.717) is 6.04 Å². The molecular weight excluding hydrogens is 300 g/mol. The molecule has 2 aromatic rings. The third kappa shape index (κ3) is 2.47. The number of hydrogen-bond acceptors (Lipinski definition) is 2. The van der Waals surface area contributed by atoms with Crippen LogP contribution in [0.4, 0.5) is 11.4 Å². The van der Waals surface area contributed by atoms with Crippen LogP contribution in [0.2, 0.25) is 0 Å². The van der Waals surface area contributed by atoms with E-state index in [1.165, 1.54) is 24.1 Å². The van der Waals surface area contributed by atoms with Crippen molar-refractivity contribution < 1.29 is 0 Å². The maximum atomic E-state index is 5.77. The third-order valence-corrected chi connectivity index (χ3v) is 4.41. The lowest BCUT2D eigenvalue weighted by molar-refractivity contribution is 0.718. The number of benzene rings is 2. The van der Waals surface area contributed by atoms with Crippen LogP contribution in [0.1, 0.15) is 24.4 Å². The van der Waals surface area contributed by atoms with Crippen molar-refractivity contribution >= 4 is 27.3 Å². The lowest BCUT2D eigenvalue weighted by atomic mass is 10.0. The molecule has 3 rings (SSSR count). The lowest BCUT2D eigenvalue weighted by Gasteiger charge is -2.28. The molecule has 0 bridgehead atoms. The van der Waals surface area contributed by atoms with Crippen molar-refractivity contribution in [1.29, 1.82) is 0 Å². The van der Waals surface area contributed by atoms with Gasteiger partial charge in [0.05, 0.1) is 11.7 Å². The number of nitrogens with zero attached hydrogens (tertiary/aromatic N) is 1. The summed E-state index contributed by atoms with van der Waals surface area (Å²) < 4.78 is 1.16. The van der Waals surface area contributed by atoms with Gasteiger partial charge in [0.15, 0.2) is 0 Å². The van der Waals surface area contributed by atoms with Crippen LogP contribution in [0.15, 0.2) is 53.0 Å². The molecule has 0 saturated carbocycles. The zero-order chi connectivity index (χ0) is 13.2. The summed E-state index contributed by atoms with van der Waals surface area (Å²) in [6.45, 7) is 1.11. The Morgan fingerprint density at radius 3 is 2.53 bits per heavy atom. The summed E-state index contributed by atoms with van der Waals surface area (Å²) in [5.74, 6) is 0. The van der Waals surface area contributed by atoms with E-state index in [4.69, 9.17) is 5.73 Å². The highest BCUT2D eigenvalue weighted by molar-refractivity contribution is 9.10. The highest BCUT2D eigenvalue weighted by Crippen LogP contribution is 2.39. The van der Waals surface area contributed by atoms with E-state index in [1.807, 2.05) is 12.1 Å². The number of halogens is 1. The molecule has 2 N–H and O–H groups in total. The van der Waals surface area contributed by atoms with Crippen LogP contribution in [0.3, 0.4) is 0 Å². The SMILES string of the molecule is Nc1ccc(C2CCCN2c2ccccc2Br)cc1. The van der Waals surface area contributed by atoms with Crippen LogP contribution in [0, 0.1) is 0 Å². The van der Waals surface area contributed by atoms with Gasteiger partial charge in [-0.3, -0.25) is 0 Å². The van der Waals surface area contributed by atoms with Crippen molar-refractivity contribution in [3.8, 4) is 0 Å². The Hall–Kier alpha value is -1.48. The van der Waals surface area contributed by atoms with Gasteiger partial charge in [0, 0.05) is 16.7 Å². The standard InChI is InChI=1S/C16H17BrN2/c17-14-4-1-2-5-16(14)19-11-3-6-15(19)12-7-9-13(18)10-8-12/h1-2,4-5,7-10,15H,3,6,11,18H2. The van der Waals surface area contributed by atoms with Gasteiger partial charge in [0.25, 0.3) is 0 Å². The van der Waals surface area contributed by atoms with Gasteiger partial charge in [0.2, 0.25) is 0 Å². The summed E-state index contributed by atoms with van der Waals surface area (Å²) in [6, 6.07) is 17.2. The zero-order valence-electron chi connectivity index (χ0n) is 10.7. The van der Waals surface area contributed by atoms with Crippen molar-refractivity contribution in [3.63, 3.8) is 0 Å². The molecule has 0 spiro atoms. The van der Waals surface area contributed by atoms with Gasteiger partial charge in [-0.15, -0.1) is 0 Å². The fourth-order valence-electron chi connectivity index (χ4n) is 2.80. The lowest BCUT2D eigenvalue weighted by Crippen LogP contribution is -2.22. The Bertz CT molecular complexity index is 565. The average Bonchev–Trinajstić information content (AvgIpc) is 2.89.